The topological polar surface area (TPSA) is 56.0 Å². The van der Waals surface area contributed by atoms with Crippen molar-refractivity contribution in [3.05, 3.63) is 54.1 Å². The van der Waals surface area contributed by atoms with Crippen LogP contribution in [0.15, 0.2) is 48.5 Å². The third kappa shape index (κ3) is 2.11. The van der Waals surface area contributed by atoms with Gasteiger partial charge in [-0.25, -0.2) is 4.98 Å². The second-order valence-corrected chi connectivity index (χ2v) is 6.83. The number of carbonyl (C=O) groups is 1. The van der Waals surface area contributed by atoms with Crippen LogP contribution in [0.3, 0.4) is 0 Å². The summed E-state index contributed by atoms with van der Waals surface area (Å²) in [4.78, 5) is 17.0. The highest BCUT2D eigenvalue weighted by atomic mass is 32.1. The van der Waals surface area contributed by atoms with Crippen LogP contribution in [0.5, 0.6) is 0 Å². The second-order valence-electron chi connectivity index (χ2n) is 4.71. The SMILES string of the molecule is NC(=O)c1ccc2sc(-c3nc4ccccc4s3)cc2c1. The van der Waals surface area contributed by atoms with E-state index in [-0.39, 0.29) is 0 Å². The Hall–Kier alpha value is -2.24. The summed E-state index contributed by atoms with van der Waals surface area (Å²) in [5, 5.41) is 2.04. The smallest absolute Gasteiger partial charge is 0.248 e. The third-order valence-corrected chi connectivity index (χ3v) is 5.63. The number of primary amides is 1. The monoisotopic (exact) mass is 310 g/mol. The molecule has 4 aromatic rings. The van der Waals surface area contributed by atoms with Gasteiger partial charge < -0.3 is 5.73 Å². The largest absolute Gasteiger partial charge is 0.366 e. The van der Waals surface area contributed by atoms with E-state index in [4.69, 9.17) is 5.73 Å². The molecule has 0 unspecified atom stereocenters. The lowest BCUT2D eigenvalue weighted by Gasteiger charge is -1.93. The Morgan fingerprint density at radius 2 is 1.86 bits per heavy atom. The van der Waals surface area contributed by atoms with E-state index in [1.165, 1.54) is 4.70 Å². The molecule has 2 heterocycles. The van der Waals surface area contributed by atoms with Crippen LogP contribution >= 0.6 is 22.7 Å². The number of carbonyl (C=O) groups excluding carboxylic acids is 1. The molecule has 0 spiro atoms. The van der Waals surface area contributed by atoms with Gasteiger partial charge in [0.05, 0.1) is 15.1 Å². The van der Waals surface area contributed by atoms with Crippen LogP contribution in [0, 0.1) is 0 Å². The van der Waals surface area contributed by atoms with Gasteiger partial charge in [-0.1, -0.05) is 12.1 Å². The number of nitrogens with two attached hydrogens (primary N) is 1. The van der Waals surface area contributed by atoms with Crippen LogP contribution < -0.4 is 5.73 Å². The van der Waals surface area contributed by atoms with Crippen molar-refractivity contribution in [3.63, 3.8) is 0 Å². The first kappa shape index (κ1) is 12.5. The summed E-state index contributed by atoms with van der Waals surface area (Å²) in [7, 11) is 0. The number of thiazole rings is 1. The van der Waals surface area contributed by atoms with Gasteiger partial charge in [0.15, 0.2) is 0 Å². The lowest BCUT2D eigenvalue weighted by Crippen LogP contribution is -2.10. The first-order chi connectivity index (χ1) is 10.2. The van der Waals surface area contributed by atoms with Crippen LogP contribution in [-0.4, -0.2) is 10.9 Å². The summed E-state index contributed by atoms with van der Waals surface area (Å²) < 4.78 is 2.32. The number of hydrogen-bond acceptors (Lipinski definition) is 4. The van der Waals surface area contributed by atoms with Crippen LogP contribution in [-0.2, 0) is 0 Å². The Morgan fingerprint density at radius 1 is 1.00 bits per heavy atom. The first-order valence-electron chi connectivity index (χ1n) is 6.40. The standard InChI is InChI=1S/C16H10N2OS2/c17-15(19)9-5-6-12-10(7-9)8-14(20-12)16-18-11-3-1-2-4-13(11)21-16/h1-8H,(H2,17,19). The molecular formula is C16H10N2OS2. The van der Waals surface area contributed by atoms with Gasteiger partial charge >= 0.3 is 0 Å². The van der Waals surface area contributed by atoms with E-state index in [0.717, 1.165) is 25.5 Å². The number of rotatable bonds is 2. The molecule has 3 nitrogen and oxygen atoms in total. The minimum atomic E-state index is -0.398. The van der Waals surface area contributed by atoms with Gasteiger partial charge in [0.25, 0.3) is 0 Å². The highest BCUT2D eigenvalue weighted by molar-refractivity contribution is 7.28. The Bertz CT molecular complexity index is 951. The molecule has 0 bridgehead atoms. The Kier molecular flexibility index (Phi) is 2.77. The van der Waals surface area contributed by atoms with Crippen LogP contribution in [0.2, 0.25) is 0 Å². The van der Waals surface area contributed by atoms with Crippen LogP contribution in [0.4, 0.5) is 0 Å². The molecule has 5 heteroatoms. The molecule has 21 heavy (non-hydrogen) atoms. The van der Waals surface area contributed by atoms with Gasteiger partial charge in [0, 0.05) is 10.3 Å². The zero-order chi connectivity index (χ0) is 14.4. The van der Waals surface area contributed by atoms with Gasteiger partial charge in [0.1, 0.15) is 5.01 Å². The van der Waals surface area contributed by atoms with Crippen molar-refractivity contribution in [2.75, 3.05) is 0 Å². The number of nitrogens with zero attached hydrogens (tertiary/aromatic N) is 1. The first-order valence-corrected chi connectivity index (χ1v) is 8.03. The number of hydrogen-bond donors (Lipinski definition) is 1. The van der Waals surface area contributed by atoms with E-state index in [2.05, 4.69) is 17.1 Å². The Morgan fingerprint density at radius 3 is 2.67 bits per heavy atom. The zero-order valence-corrected chi connectivity index (χ0v) is 12.5. The fourth-order valence-electron chi connectivity index (χ4n) is 2.28. The molecule has 1 amide bonds. The minimum Gasteiger partial charge on any atom is -0.366 e. The van der Waals surface area contributed by atoms with E-state index in [1.807, 2.05) is 30.3 Å². The number of para-hydroxylation sites is 1. The predicted octanol–water partition coefficient (Wildman–Crippen LogP) is 4.28. The van der Waals surface area contributed by atoms with Gasteiger partial charge in [-0.15, -0.1) is 22.7 Å². The van der Waals surface area contributed by atoms with Crippen LogP contribution in [0.25, 0.3) is 30.2 Å². The third-order valence-electron chi connectivity index (χ3n) is 3.31. The number of thiophene rings is 1. The number of fused-ring (bicyclic) bond motifs is 2. The van der Waals surface area contributed by atoms with Gasteiger partial charge in [0.2, 0.25) is 5.91 Å². The summed E-state index contributed by atoms with van der Waals surface area (Å²) in [6.07, 6.45) is 0. The van der Waals surface area contributed by atoms with Crippen LogP contribution in [0.1, 0.15) is 10.4 Å². The molecule has 0 aliphatic rings. The zero-order valence-electron chi connectivity index (χ0n) is 10.9. The predicted molar refractivity (Wildman–Crippen MR) is 89.0 cm³/mol. The molecule has 0 atom stereocenters. The summed E-state index contributed by atoms with van der Waals surface area (Å²) >= 11 is 3.37. The van der Waals surface area contributed by atoms with Crippen molar-refractivity contribution in [3.8, 4) is 9.88 Å². The maximum atomic E-state index is 11.3. The van der Waals surface area contributed by atoms with E-state index in [1.54, 1.807) is 28.7 Å². The molecule has 0 aliphatic heterocycles. The molecule has 0 radical (unpaired) electrons. The molecule has 2 N–H and O–H groups in total. The molecule has 102 valence electrons. The Balaban J connectivity index is 1.87. The number of amides is 1. The molecule has 4 rings (SSSR count). The van der Waals surface area contributed by atoms with Crippen molar-refractivity contribution < 1.29 is 4.79 Å². The van der Waals surface area contributed by atoms with Crippen molar-refractivity contribution in [2.24, 2.45) is 5.73 Å². The molecule has 0 saturated heterocycles. The lowest BCUT2D eigenvalue weighted by molar-refractivity contribution is 0.100. The van der Waals surface area contributed by atoms with Crippen molar-refractivity contribution in [1.29, 1.82) is 0 Å². The maximum absolute atomic E-state index is 11.3. The minimum absolute atomic E-state index is 0.398. The highest BCUT2D eigenvalue weighted by Crippen LogP contribution is 2.37. The average Bonchev–Trinajstić information content (AvgIpc) is 3.09. The molecule has 0 aliphatic carbocycles. The van der Waals surface area contributed by atoms with Gasteiger partial charge in [-0.2, -0.15) is 0 Å². The second kappa shape index (κ2) is 4.65. The van der Waals surface area contributed by atoms with E-state index in [0.29, 0.717) is 5.56 Å². The fraction of sp³-hybridized carbons (Fsp3) is 0. The summed E-state index contributed by atoms with van der Waals surface area (Å²) in [6, 6.07) is 15.7. The summed E-state index contributed by atoms with van der Waals surface area (Å²) in [5.74, 6) is -0.398. The quantitative estimate of drug-likeness (QED) is 0.601. The molecular weight excluding hydrogens is 300 g/mol. The number of aromatic nitrogens is 1. The van der Waals surface area contributed by atoms with E-state index in [9.17, 15) is 4.79 Å². The normalized spacial score (nSPS) is 11.2. The lowest BCUT2D eigenvalue weighted by atomic mass is 10.1. The maximum Gasteiger partial charge on any atom is 0.248 e. The molecule has 2 aromatic carbocycles. The fourth-order valence-corrected chi connectivity index (χ4v) is 4.33. The average molecular weight is 310 g/mol. The Labute approximate surface area is 128 Å². The van der Waals surface area contributed by atoms with Crippen molar-refractivity contribution in [1.82, 2.24) is 4.98 Å². The van der Waals surface area contributed by atoms with Gasteiger partial charge in [-0.3, -0.25) is 4.79 Å². The van der Waals surface area contributed by atoms with E-state index < -0.39 is 5.91 Å². The molecule has 0 saturated carbocycles. The van der Waals surface area contributed by atoms with Crippen molar-refractivity contribution in [2.45, 2.75) is 0 Å². The number of benzene rings is 2. The van der Waals surface area contributed by atoms with Gasteiger partial charge in [-0.05, 0) is 41.8 Å². The highest BCUT2D eigenvalue weighted by Gasteiger charge is 2.11. The molecule has 2 aromatic heterocycles. The van der Waals surface area contributed by atoms with E-state index >= 15 is 0 Å². The molecule has 0 fully saturated rings. The van der Waals surface area contributed by atoms with Crippen molar-refractivity contribution >= 4 is 48.9 Å². The summed E-state index contributed by atoms with van der Waals surface area (Å²) in [6.45, 7) is 0. The summed E-state index contributed by atoms with van der Waals surface area (Å²) in [5.41, 5.74) is 6.89.